The molecule has 6 nitrogen and oxygen atoms in total. The SMILES string of the molecule is C[C@H](C[C@@H](O)[C@H]1O[C@]1(C)[C@@H]1CCC[C@H]1c1cccc(N)c1)C1=C2CC[C@@H]3[C@]4(C)C[C@]5(c6cccc(O)c6)CCC[C@@]2(CC1=O)[C@]3(C)CC[C@H]4C(C)(C)C5=O. The summed E-state index contributed by atoms with van der Waals surface area (Å²) in [7, 11) is 0. The maximum Gasteiger partial charge on any atom is 0.160 e. The summed E-state index contributed by atoms with van der Waals surface area (Å²) in [6.45, 7) is 13.8. The van der Waals surface area contributed by atoms with E-state index in [9.17, 15) is 15.0 Å². The Morgan fingerprint density at radius 3 is 2.44 bits per heavy atom. The molecule has 0 aromatic heterocycles. The smallest absolute Gasteiger partial charge is 0.160 e. The number of fused-ring (bicyclic) bond motifs is 1. The molecule has 290 valence electrons. The first-order valence-electron chi connectivity index (χ1n) is 21.3. The molecule has 1 saturated heterocycles. The summed E-state index contributed by atoms with van der Waals surface area (Å²) >= 11 is 0. The van der Waals surface area contributed by atoms with Crippen molar-refractivity contribution in [3.63, 3.8) is 0 Å². The number of nitrogens with two attached hydrogens (primary N) is 1. The number of aromatic hydroxyl groups is 1. The van der Waals surface area contributed by atoms with Crippen molar-refractivity contribution < 1.29 is 24.5 Å². The number of carbonyl (C=O) groups excluding carboxylic acids is 2. The molecule has 6 heteroatoms. The van der Waals surface area contributed by atoms with Gasteiger partial charge in [0, 0.05) is 22.9 Å². The van der Waals surface area contributed by atoms with E-state index < -0.39 is 16.9 Å². The van der Waals surface area contributed by atoms with Gasteiger partial charge < -0.3 is 20.7 Å². The highest BCUT2D eigenvalue weighted by Gasteiger charge is 2.73. The number of phenolic OH excluding ortho intramolecular Hbond substituents is 1. The zero-order valence-corrected chi connectivity index (χ0v) is 33.5. The number of nitrogen functional groups attached to an aromatic ring is 1. The average Bonchev–Trinajstić information content (AvgIpc) is 3.41. The minimum Gasteiger partial charge on any atom is -0.508 e. The second-order valence-electron chi connectivity index (χ2n) is 20.6. The Balaban J connectivity index is 1.03. The molecule has 0 amide bonds. The number of ketones is 2. The van der Waals surface area contributed by atoms with Gasteiger partial charge in [-0.2, -0.15) is 0 Å². The Morgan fingerprint density at radius 2 is 1.69 bits per heavy atom. The summed E-state index contributed by atoms with van der Waals surface area (Å²) in [6, 6.07) is 15.8. The average molecular weight is 734 g/mol. The molecule has 5 bridgehead atoms. The van der Waals surface area contributed by atoms with Crippen molar-refractivity contribution in [2.75, 3.05) is 5.73 Å². The molecule has 6 fully saturated rings. The molecule has 6 aliphatic carbocycles. The maximum atomic E-state index is 15.0. The van der Waals surface area contributed by atoms with E-state index in [2.05, 4.69) is 59.7 Å². The number of hydrogen-bond donors (Lipinski definition) is 3. The van der Waals surface area contributed by atoms with Crippen LogP contribution in [0.25, 0.3) is 0 Å². The van der Waals surface area contributed by atoms with Gasteiger partial charge in [0.1, 0.15) is 17.6 Å². The number of rotatable bonds is 7. The Hall–Kier alpha value is -2.96. The van der Waals surface area contributed by atoms with Crippen molar-refractivity contribution in [1.29, 1.82) is 0 Å². The highest BCUT2D eigenvalue weighted by molar-refractivity contribution is 6.01. The molecule has 1 aliphatic heterocycles. The van der Waals surface area contributed by atoms with Crippen LogP contribution in [0.1, 0.15) is 142 Å². The van der Waals surface area contributed by atoms with Crippen LogP contribution in [0.2, 0.25) is 0 Å². The lowest BCUT2D eigenvalue weighted by Crippen LogP contribution is -2.66. The summed E-state index contributed by atoms with van der Waals surface area (Å²) in [5.41, 5.74) is 9.73. The van der Waals surface area contributed by atoms with Gasteiger partial charge in [0.2, 0.25) is 0 Å². The highest BCUT2D eigenvalue weighted by atomic mass is 16.6. The lowest BCUT2D eigenvalue weighted by molar-refractivity contribution is -0.191. The quantitative estimate of drug-likeness (QED) is 0.193. The molecule has 1 spiro atoms. The van der Waals surface area contributed by atoms with Crippen LogP contribution in [0.3, 0.4) is 0 Å². The Kier molecular flexibility index (Phi) is 8.16. The predicted molar refractivity (Wildman–Crippen MR) is 212 cm³/mol. The number of benzene rings is 2. The Bertz CT molecular complexity index is 1930. The molecule has 9 rings (SSSR count). The molecule has 2 aromatic rings. The summed E-state index contributed by atoms with van der Waals surface area (Å²) in [4.78, 5) is 29.6. The molecule has 7 aliphatic rings. The number of Topliss-reactive ketones (excluding diaryl/α,β-unsaturated/α-hetero) is 2. The molecule has 54 heavy (non-hydrogen) atoms. The van der Waals surface area contributed by atoms with Crippen LogP contribution in [-0.4, -0.2) is 39.6 Å². The van der Waals surface area contributed by atoms with Gasteiger partial charge in [-0.3, -0.25) is 9.59 Å². The van der Waals surface area contributed by atoms with Gasteiger partial charge in [0.25, 0.3) is 0 Å². The summed E-state index contributed by atoms with van der Waals surface area (Å²) in [6.07, 6.45) is 10.9. The van der Waals surface area contributed by atoms with E-state index in [4.69, 9.17) is 10.5 Å². The third-order valence-corrected chi connectivity index (χ3v) is 17.9. The van der Waals surface area contributed by atoms with Crippen molar-refractivity contribution in [3.05, 3.63) is 70.8 Å². The van der Waals surface area contributed by atoms with Gasteiger partial charge in [-0.25, -0.2) is 0 Å². The Labute approximate surface area is 322 Å². The molecule has 2 aromatic carbocycles. The summed E-state index contributed by atoms with van der Waals surface area (Å²) in [5, 5.41) is 22.6. The second kappa shape index (κ2) is 12.0. The first-order chi connectivity index (χ1) is 25.5. The van der Waals surface area contributed by atoms with Crippen LogP contribution >= 0.6 is 0 Å². The van der Waals surface area contributed by atoms with Gasteiger partial charge in [0.05, 0.1) is 17.1 Å². The third kappa shape index (κ3) is 4.83. The van der Waals surface area contributed by atoms with Crippen molar-refractivity contribution in [2.24, 2.45) is 45.3 Å². The van der Waals surface area contributed by atoms with Crippen LogP contribution in [0.4, 0.5) is 5.69 Å². The first kappa shape index (κ1) is 36.7. The van der Waals surface area contributed by atoms with Crippen molar-refractivity contribution in [1.82, 2.24) is 0 Å². The van der Waals surface area contributed by atoms with Crippen molar-refractivity contribution in [2.45, 2.75) is 154 Å². The van der Waals surface area contributed by atoms with Gasteiger partial charge in [-0.1, -0.05) is 77.3 Å². The largest absolute Gasteiger partial charge is 0.508 e. The van der Waals surface area contributed by atoms with E-state index in [1.807, 2.05) is 24.3 Å². The van der Waals surface area contributed by atoms with Crippen LogP contribution in [0.15, 0.2) is 59.7 Å². The third-order valence-electron chi connectivity index (χ3n) is 17.9. The normalized spacial score (nSPS) is 43.3. The Morgan fingerprint density at radius 1 is 0.907 bits per heavy atom. The van der Waals surface area contributed by atoms with Crippen molar-refractivity contribution in [3.8, 4) is 5.75 Å². The van der Waals surface area contributed by atoms with Crippen LogP contribution in [0.5, 0.6) is 5.75 Å². The fourth-order valence-corrected chi connectivity index (χ4v) is 15.8. The molecular formula is C48H63NO5. The number of aliphatic hydroxyl groups excluding tert-OH is 1. The van der Waals surface area contributed by atoms with Crippen LogP contribution < -0.4 is 5.73 Å². The zero-order chi connectivity index (χ0) is 38.2. The fraction of sp³-hybridized carbons (Fsp3) is 0.667. The van der Waals surface area contributed by atoms with Crippen LogP contribution in [-0.2, 0) is 19.7 Å². The summed E-state index contributed by atoms with van der Waals surface area (Å²) in [5.74, 6) is 2.17. The topological polar surface area (TPSA) is 113 Å². The minimum atomic E-state index is -0.658. The molecule has 12 atom stereocenters. The number of epoxide rings is 1. The van der Waals surface area contributed by atoms with E-state index in [1.54, 1.807) is 6.07 Å². The van der Waals surface area contributed by atoms with Crippen molar-refractivity contribution >= 4 is 17.3 Å². The molecule has 0 unspecified atom stereocenters. The maximum absolute atomic E-state index is 15.0. The molecule has 4 N–H and O–H groups in total. The van der Waals surface area contributed by atoms with Gasteiger partial charge in [-0.05, 0) is 153 Å². The van der Waals surface area contributed by atoms with Gasteiger partial charge in [0.15, 0.2) is 5.78 Å². The number of carbonyl (C=O) groups is 2. The molecule has 0 radical (unpaired) electrons. The second-order valence-corrected chi connectivity index (χ2v) is 20.6. The van der Waals surface area contributed by atoms with E-state index in [1.165, 1.54) is 11.1 Å². The monoisotopic (exact) mass is 733 g/mol. The van der Waals surface area contributed by atoms with Crippen LogP contribution in [0, 0.1) is 45.3 Å². The van der Waals surface area contributed by atoms with E-state index in [-0.39, 0.29) is 51.3 Å². The minimum absolute atomic E-state index is 0.0521. The van der Waals surface area contributed by atoms with E-state index in [0.29, 0.717) is 36.4 Å². The number of phenols is 1. The number of allylic oxidation sites excluding steroid dienone is 2. The van der Waals surface area contributed by atoms with Gasteiger partial charge >= 0.3 is 0 Å². The predicted octanol–water partition coefficient (Wildman–Crippen LogP) is 9.61. The summed E-state index contributed by atoms with van der Waals surface area (Å²) < 4.78 is 6.50. The van der Waals surface area contributed by atoms with E-state index in [0.717, 1.165) is 87.5 Å². The lowest BCUT2D eigenvalue weighted by Gasteiger charge is -2.69. The molecule has 1 heterocycles. The number of hydrogen-bond acceptors (Lipinski definition) is 6. The number of aliphatic hydroxyl groups is 1. The number of ether oxygens (including phenoxy) is 1. The highest BCUT2D eigenvalue weighted by Crippen LogP contribution is 2.77. The van der Waals surface area contributed by atoms with E-state index >= 15 is 4.79 Å². The number of anilines is 1. The fourth-order valence-electron chi connectivity index (χ4n) is 15.8. The van der Waals surface area contributed by atoms with Gasteiger partial charge in [-0.15, -0.1) is 0 Å². The molecular weight excluding hydrogens is 671 g/mol. The molecule has 5 saturated carbocycles. The zero-order valence-electron chi connectivity index (χ0n) is 33.5. The first-order valence-corrected chi connectivity index (χ1v) is 21.3. The standard InChI is InChI=1S/C48H63NO5/c1-28(23-36(51)41-46(6,54-41)34-16-9-15-33(34)29-11-7-13-31(49)24-29)40-35-17-18-39-44(4)27-47(30-12-8-14-32(50)25-30)20-10-21-48(35,26-37(40)52)45(39,5)22-19-38(44)43(2,3)42(47)53/h7-8,11-14,24-25,28,33-34,36,38-39,41,50-51H,9-10,15-23,26-27,49H2,1-6H3/t28-,33+,34-,36-,38+,39-,41-,44-,45-,46-,47+,48+/m1/s1. The lowest BCUT2D eigenvalue weighted by atomic mass is 9.34.